The number of methoxy groups -OCH3 is 2. The highest BCUT2D eigenvalue weighted by atomic mass is 32.2. The lowest BCUT2D eigenvalue weighted by molar-refractivity contribution is -0.121. The number of ether oxygens (including phenoxy) is 2. The van der Waals surface area contributed by atoms with Gasteiger partial charge in [-0.1, -0.05) is 54.1 Å². The van der Waals surface area contributed by atoms with Crippen molar-refractivity contribution in [2.24, 2.45) is 0 Å². The molecule has 11 heteroatoms. The Kier molecular flexibility index (Phi) is 12.0. The first-order valence-corrected chi connectivity index (χ1v) is 16.1. The molecule has 0 saturated carbocycles. The van der Waals surface area contributed by atoms with Crippen LogP contribution in [0.4, 0.5) is 0 Å². The zero-order valence-corrected chi connectivity index (χ0v) is 26.4. The van der Waals surface area contributed by atoms with Crippen molar-refractivity contribution in [1.29, 1.82) is 0 Å². The molecule has 2 heterocycles. The Morgan fingerprint density at radius 2 is 1.70 bits per heavy atom. The predicted molar refractivity (Wildman–Crippen MR) is 172 cm³/mol. The van der Waals surface area contributed by atoms with Crippen molar-refractivity contribution in [3.8, 4) is 11.5 Å². The van der Waals surface area contributed by atoms with E-state index in [1.165, 1.54) is 28.7 Å². The van der Waals surface area contributed by atoms with E-state index in [-0.39, 0.29) is 23.1 Å². The molecule has 0 radical (unpaired) electrons. The maximum Gasteiger partial charge on any atom is 0.272 e. The predicted octanol–water partition coefficient (Wildman–Crippen LogP) is 5.11. The van der Waals surface area contributed by atoms with Crippen LogP contribution in [0, 0.1) is 6.92 Å². The van der Waals surface area contributed by atoms with E-state index in [9.17, 15) is 14.4 Å². The molecule has 0 bridgehead atoms. The van der Waals surface area contributed by atoms with Crippen LogP contribution in [0.25, 0.3) is 10.2 Å². The summed E-state index contributed by atoms with van der Waals surface area (Å²) in [7, 11) is 3.19. The Morgan fingerprint density at radius 1 is 0.930 bits per heavy atom. The molecular weight excluding hydrogens is 585 g/mol. The molecule has 0 atom stereocenters. The van der Waals surface area contributed by atoms with Gasteiger partial charge in [0.15, 0.2) is 16.7 Å². The van der Waals surface area contributed by atoms with Crippen molar-refractivity contribution < 1.29 is 19.1 Å². The first kappa shape index (κ1) is 32.1. The van der Waals surface area contributed by atoms with Gasteiger partial charge in [-0.2, -0.15) is 0 Å². The molecule has 2 amide bonds. The molecule has 2 N–H and O–H groups in total. The lowest BCUT2D eigenvalue weighted by Crippen LogP contribution is -2.28. The SMILES string of the molecule is COc1ccc(CCNC(=O)CSc2nc3ccsc3c(=O)n2CCCCCC(=O)NCc2ccc(C)cc2)cc1OC. The van der Waals surface area contributed by atoms with E-state index < -0.39 is 0 Å². The van der Waals surface area contributed by atoms with Crippen LogP contribution in [-0.2, 0) is 29.1 Å². The van der Waals surface area contributed by atoms with Crippen LogP contribution >= 0.6 is 23.1 Å². The molecule has 2 aromatic carbocycles. The van der Waals surface area contributed by atoms with E-state index in [2.05, 4.69) is 15.6 Å². The second kappa shape index (κ2) is 16.1. The number of carbonyl (C=O) groups is 2. The Hall–Kier alpha value is -3.83. The van der Waals surface area contributed by atoms with Crippen molar-refractivity contribution in [3.05, 3.63) is 81.0 Å². The fourth-order valence-corrected chi connectivity index (χ4v) is 6.16. The number of nitrogens with zero attached hydrogens (tertiary/aromatic N) is 2. The number of nitrogens with one attached hydrogen (secondary N) is 2. The number of benzene rings is 2. The van der Waals surface area contributed by atoms with Gasteiger partial charge >= 0.3 is 0 Å². The minimum absolute atomic E-state index is 0.0211. The number of thiophene rings is 1. The van der Waals surface area contributed by atoms with Crippen LogP contribution in [0.2, 0.25) is 0 Å². The van der Waals surface area contributed by atoms with Gasteiger partial charge in [-0.15, -0.1) is 11.3 Å². The molecule has 4 aromatic rings. The Balaban J connectivity index is 1.24. The quantitative estimate of drug-likeness (QED) is 0.101. The minimum atomic E-state index is -0.131. The second-order valence-electron chi connectivity index (χ2n) is 10.1. The fraction of sp³-hybridized carbons (Fsp3) is 0.375. The number of hydrogen-bond acceptors (Lipinski definition) is 8. The summed E-state index contributed by atoms with van der Waals surface area (Å²) in [5.74, 6) is 1.35. The van der Waals surface area contributed by atoms with Crippen LogP contribution in [0.15, 0.2) is 63.9 Å². The molecule has 0 fully saturated rings. The van der Waals surface area contributed by atoms with Gasteiger partial charge < -0.3 is 20.1 Å². The number of fused-ring (bicyclic) bond motifs is 1. The number of rotatable bonds is 16. The highest BCUT2D eigenvalue weighted by Gasteiger charge is 2.14. The van der Waals surface area contributed by atoms with E-state index in [0.29, 0.717) is 59.3 Å². The highest BCUT2D eigenvalue weighted by Crippen LogP contribution is 2.27. The summed E-state index contributed by atoms with van der Waals surface area (Å²) >= 11 is 2.64. The molecule has 4 rings (SSSR count). The van der Waals surface area contributed by atoms with Gasteiger partial charge in [0, 0.05) is 26.1 Å². The minimum Gasteiger partial charge on any atom is -0.493 e. The van der Waals surface area contributed by atoms with Crippen LogP contribution in [0.3, 0.4) is 0 Å². The Bertz CT molecular complexity index is 1580. The summed E-state index contributed by atoms with van der Waals surface area (Å²) < 4.78 is 12.9. The third kappa shape index (κ3) is 9.33. The van der Waals surface area contributed by atoms with E-state index >= 15 is 0 Å². The number of amides is 2. The number of thioether (sulfide) groups is 1. The molecule has 0 aliphatic heterocycles. The number of aromatic nitrogens is 2. The van der Waals surface area contributed by atoms with Crippen molar-refractivity contribution in [2.75, 3.05) is 26.5 Å². The lowest BCUT2D eigenvalue weighted by atomic mass is 10.1. The van der Waals surface area contributed by atoms with Crippen LogP contribution in [0.5, 0.6) is 11.5 Å². The molecule has 43 heavy (non-hydrogen) atoms. The van der Waals surface area contributed by atoms with Crippen molar-refractivity contribution >= 4 is 45.1 Å². The van der Waals surface area contributed by atoms with E-state index in [0.717, 1.165) is 30.4 Å². The van der Waals surface area contributed by atoms with E-state index in [1.54, 1.807) is 18.8 Å². The molecule has 228 valence electrons. The molecule has 0 saturated heterocycles. The summed E-state index contributed by atoms with van der Waals surface area (Å²) in [6.45, 7) is 3.50. The monoisotopic (exact) mass is 622 g/mol. The van der Waals surface area contributed by atoms with Crippen molar-refractivity contribution in [3.63, 3.8) is 0 Å². The number of hydrogen-bond donors (Lipinski definition) is 2. The third-order valence-electron chi connectivity index (χ3n) is 6.94. The van der Waals surface area contributed by atoms with Gasteiger partial charge in [0.25, 0.3) is 5.56 Å². The summed E-state index contributed by atoms with van der Waals surface area (Å²) in [6.07, 6.45) is 3.34. The highest BCUT2D eigenvalue weighted by molar-refractivity contribution is 7.99. The van der Waals surface area contributed by atoms with Crippen LogP contribution in [-0.4, -0.2) is 47.9 Å². The van der Waals surface area contributed by atoms with Gasteiger partial charge in [-0.3, -0.25) is 19.0 Å². The van der Waals surface area contributed by atoms with Crippen LogP contribution in [0.1, 0.15) is 42.4 Å². The number of aryl methyl sites for hydroxylation is 1. The molecule has 0 aliphatic rings. The Labute approximate surface area is 260 Å². The Morgan fingerprint density at radius 3 is 2.47 bits per heavy atom. The standard InChI is InChI=1S/C32H38N4O5S2/c1-22-8-10-24(11-9-22)20-34-28(37)7-5-4-6-17-36-31(39)30-25(15-18-42-30)35-32(36)43-21-29(38)33-16-14-23-12-13-26(40-2)27(19-23)41-3/h8-13,15,18-19H,4-7,14,16-17,20-21H2,1-3H3,(H,33,38)(H,34,37). The van der Waals surface area contributed by atoms with Crippen LogP contribution < -0.4 is 25.7 Å². The van der Waals surface area contributed by atoms with Gasteiger partial charge in [0.05, 0.1) is 25.5 Å². The fourth-order valence-electron chi connectivity index (χ4n) is 4.52. The average molecular weight is 623 g/mol. The van der Waals surface area contributed by atoms with Gasteiger partial charge in [-0.05, 0) is 60.9 Å². The van der Waals surface area contributed by atoms with Crippen molar-refractivity contribution in [1.82, 2.24) is 20.2 Å². The lowest BCUT2D eigenvalue weighted by Gasteiger charge is -2.12. The largest absolute Gasteiger partial charge is 0.493 e. The van der Waals surface area contributed by atoms with E-state index in [1.807, 2.05) is 60.8 Å². The summed E-state index contributed by atoms with van der Waals surface area (Å²) in [6, 6.07) is 15.6. The number of unbranched alkanes of at least 4 members (excludes halogenated alkanes) is 2. The third-order valence-corrected chi connectivity index (χ3v) is 8.81. The topological polar surface area (TPSA) is 112 Å². The number of carbonyl (C=O) groups excluding carboxylic acids is 2. The zero-order valence-electron chi connectivity index (χ0n) is 24.8. The first-order valence-electron chi connectivity index (χ1n) is 14.3. The second-order valence-corrected chi connectivity index (χ2v) is 12.0. The summed E-state index contributed by atoms with van der Waals surface area (Å²) in [5.41, 5.74) is 3.84. The van der Waals surface area contributed by atoms with Gasteiger partial charge in [0.1, 0.15) is 4.70 Å². The maximum absolute atomic E-state index is 13.2. The van der Waals surface area contributed by atoms with Gasteiger partial charge in [0.2, 0.25) is 11.8 Å². The summed E-state index contributed by atoms with van der Waals surface area (Å²) in [4.78, 5) is 42.8. The molecule has 9 nitrogen and oxygen atoms in total. The average Bonchev–Trinajstić information content (AvgIpc) is 3.49. The first-order chi connectivity index (χ1) is 20.9. The molecule has 2 aromatic heterocycles. The van der Waals surface area contributed by atoms with Crippen molar-refractivity contribution in [2.45, 2.75) is 57.3 Å². The normalized spacial score (nSPS) is 11.0. The molecular formula is C32H38N4O5S2. The zero-order chi connectivity index (χ0) is 30.6. The van der Waals surface area contributed by atoms with E-state index in [4.69, 9.17) is 9.47 Å². The smallest absolute Gasteiger partial charge is 0.272 e. The van der Waals surface area contributed by atoms with Gasteiger partial charge in [-0.25, -0.2) is 4.98 Å². The molecule has 0 aliphatic carbocycles. The maximum atomic E-state index is 13.2. The molecule has 0 spiro atoms. The molecule has 0 unspecified atom stereocenters. The summed E-state index contributed by atoms with van der Waals surface area (Å²) in [5, 5.41) is 8.30.